The summed E-state index contributed by atoms with van der Waals surface area (Å²) in [6.07, 6.45) is 0.291. The first kappa shape index (κ1) is 25.9. The second kappa shape index (κ2) is 11.6. The van der Waals surface area contributed by atoms with Crippen molar-refractivity contribution in [1.82, 2.24) is 10.2 Å². The van der Waals surface area contributed by atoms with E-state index in [9.17, 15) is 14.0 Å². The minimum atomic E-state index is -0.837. The van der Waals surface area contributed by atoms with Gasteiger partial charge in [0.05, 0.1) is 0 Å². The van der Waals surface area contributed by atoms with Crippen LogP contribution in [-0.4, -0.2) is 36.4 Å². The van der Waals surface area contributed by atoms with Gasteiger partial charge in [0, 0.05) is 25.6 Å². The molecule has 0 bridgehead atoms. The van der Waals surface area contributed by atoms with Gasteiger partial charge in [-0.1, -0.05) is 87.5 Å². The molecule has 0 fully saturated rings. The molecule has 1 N–H and O–H groups in total. The van der Waals surface area contributed by atoms with Crippen LogP contribution in [0.3, 0.4) is 0 Å². The second-order valence-electron chi connectivity index (χ2n) is 9.47. The third kappa shape index (κ3) is 6.92. The van der Waals surface area contributed by atoms with Crippen molar-refractivity contribution in [3.63, 3.8) is 0 Å². The Balaban J connectivity index is 1.92. The second-order valence-corrected chi connectivity index (χ2v) is 9.47. The van der Waals surface area contributed by atoms with Gasteiger partial charge in [-0.15, -0.1) is 0 Å². The molecule has 3 aromatic carbocycles. The molecular formula is C29H33FN2O3. The zero-order valence-electron chi connectivity index (χ0n) is 20.8. The monoisotopic (exact) mass is 476 g/mol. The normalized spacial score (nSPS) is 12.0. The molecule has 0 saturated heterocycles. The van der Waals surface area contributed by atoms with Crippen molar-refractivity contribution in [2.45, 2.75) is 45.2 Å². The molecule has 0 aliphatic rings. The number of nitrogens with one attached hydrogen (secondary N) is 1. The summed E-state index contributed by atoms with van der Waals surface area (Å²) >= 11 is 0. The van der Waals surface area contributed by atoms with E-state index in [1.54, 1.807) is 18.2 Å². The molecule has 0 heterocycles. The summed E-state index contributed by atoms with van der Waals surface area (Å²) in [5.74, 6) is -0.548. The molecule has 1 atom stereocenters. The fourth-order valence-electron chi connectivity index (χ4n) is 3.97. The van der Waals surface area contributed by atoms with Gasteiger partial charge < -0.3 is 15.0 Å². The number of rotatable bonds is 9. The van der Waals surface area contributed by atoms with Crippen molar-refractivity contribution >= 4 is 11.8 Å². The van der Waals surface area contributed by atoms with Gasteiger partial charge in [-0.05, 0) is 28.7 Å². The van der Waals surface area contributed by atoms with Crippen LogP contribution in [0.15, 0.2) is 78.9 Å². The van der Waals surface area contributed by atoms with Crippen molar-refractivity contribution in [2.24, 2.45) is 0 Å². The number of halogens is 1. The van der Waals surface area contributed by atoms with Crippen LogP contribution in [0.1, 0.15) is 37.5 Å². The SMILES string of the molecule is CNC(=O)[C@@H](Cc1ccccc1)N(Cc1ccccc1F)C(=O)COc1ccccc1C(C)(C)C. The molecule has 5 nitrogen and oxygen atoms in total. The number of nitrogens with zero attached hydrogens (tertiary/aromatic N) is 1. The molecule has 0 aromatic heterocycles. The molecule has 35 heavy (non-hydrogen) atoms. The maximum absolute atomic E-state index is 14.6. The largest absolute Gasteiger partial charge is 0.483 e. The van der Waals surface area contributed by atoms with Crippen molar-refractivity contribution in [3.8, 4) is 5.75 Å². The highest BCUT2D eigenvalue weighted by Crippen LogP contribution is 2.31. The fraction of sp³-hybridized carbons (Fsp3) is 0.310. The number of hydrogen-bond donors (Lipinski definition) is 1. The first-order chi connectivity index (χ1) is 16.7. The summed E-state index contributed by atoms with van der Waals surface area (Å²) < 4.78 is 20.5. The lowest BCUT2D eigenvalue weighted by Gasteiger charge is -2.31. The smallest absolute Gasteiger partial charge is 0.261 e. The zero-order chi connectivity index (χ0) is 25.4. The standard InChI is InChI=1S/C29H33FN2O3/c1-29(2,3)23-15-9-11-17-26(23)35-20-27(33)32(19-22-14-8-10-16-24(22)30)25(28(34)31-4)18-21-12-6-5-7-13-21/h5-17,25H,18-20H2,1-4H3,(H,31,34)/t25-/m1/s1. The summed E-state index contributed by atoms with van der Waals surface area (Å²) in [7, 11) is 1.53. The number of carbonyl (C=O) groups excluding carboxylic acids is 2. The number of para-hydroxylation sites is 1. The number of likely N-dealkylation sites (N-methyl/N-ethyl adjacent to an activating group) is 1. The molecular weight excluding hydrogens is 443 g/mol. The lowest BCUT2D eigenvalue weighted by atomic mass is 9.86. The fourth-order valence-corrected chi connectivity index (χ4v) is 3.97. The minimum absolute atomic E-state index is 0.0549. The zero-order valence-corrected chi connectivity index (χ0v) is 20.8. The summed E-state index contributed by atoms with van der Waals surface area (Å²) in [6, 6.07) is 22.5. The third-order valence-electron chi connectivity index (χ3n) is 5.86. The van der Waals surface area contributed by atoms with Crippen LogP contribution in [0.4, 0.5) is 4.39 Å². The van der Waals surface area contributed by atoms with Crippen LogP contribution in [-0.2, 0) is 28.0 Å². The van der Waals surface area contributed by atoms with Gasteiger partial charge in [-0.3, -0.25) is 9.59 Å². The molecule has 0 aliphatic carbocycles. The number of carbonyl (C=O) groups is 2. The van der Waals surface area contributed by atoms with Gasteiger partial charge >= 0.3 is 0 Å². The van der Waals surface area contributed by atoms with E-state index < -0.39 is 17.8 Å². The predicted octanol–water partition coefficient (Wildman–Crippen LogP) is 4.89. The molecule has 6 heteroatoms. The summed E-state index contributed by atoms with van der Waals surface area (Å²) in [5, 5.41) is 2.66. The highest BCUT2D eigenvalue weighted by Gasteiger charge is 2.31. The van der Waals surface area contributed by atoms with Crippen molar-refractivity contribution in [3.05, 3.63) is 101 Å². The molecule has 0 radical (unpaired) electrons. The third-order valence-corrected chi connectivity index (χ3v) is 5.86. The van der Waals surface area contributed by atoms with E-state index in [0.717, 1.165) is 11.1 Å². The molecule has 3 aromatic rings. The molecule has 0 aliphatic heterocycles. The van der Waals surface area contributed by atoms with Crippen molar-refractivity contribution in [1.29, 1.82) is 0 Å². The highest BCUT2D eigenvalue weighted by molar-refractivity contribution is 5.88. The minimum Gasteiger partial charge on any atom is -0.483 e. The first-order valence-electron chi connectivity index (χ1n) is 11.7. The Bertz CT molecular complexity index is 1140. The maximum Gasteiger partial charge on any atom is 0.261 e. The molecule has 0 spiro atoms. The molecule has 0 saturated carbocycles. The van der Waals surface area contributed by atoms with Crippen LogP contribution in [0.25, 0.3) is 0 Å². The quantitative estimate of drug-likeness (QED) is 0.479. The predicted molar refractivity (Wildman–Crippen MR) is 136 cm³/mol. The van der Waals surface area contributed by atoms with Gasteiger partial charge in [0.1, 0.15) is 17.6 Å². The Hall–Kier alpha value is -3.67. The van der Waals surface area contributed by atoms with E-state index in [2.05, 4.69) is 26.1 Å². The Morgan fingerprint density at radius 1 is 0.943 bits per heavy atom. The van der Waals surface area contributed by atoms with Gasteiger partial charge in [-0.25, -0.2) is 4.39 Å². The van der Waals surface area contributed by atoms with Crippen LogP contribution >= 0.6 is 0 Å². The van der Waals surface area contributed by atoms with E-state index in [1.807, 2.05) is 54.6 Å². The Morgan fingerprint density at radius 3 is 2.23 bits per heavy atom. The van der Waals surface area contributed by atoms with Crippen LogP contribution in [0, 0.1) is 5.82 Å². The molecule has 2 amide bonds. The number of ether oxygens (including phenoxy) is 1. The lowest BCUT2D eigenvalue weighted by molar-refractivity contribution is -0.142. The van der Waals surface area contributed by atoms with E-state index in [1.165, 1.54) is 18.0 Å². The van der Waals surface area contributed by atoms with E-state index >= 15 is 0 Å². The Labute approximate surface area is 206 Å². The maximum atomic E-state index is 14.6. The van der Waals surface area contributed by atoms with E-state index in [4.69, 9.17) is 4.74 Å². The number of hydrogen-bond acceptors (Lipinski definition) is 3. The van der Waals surface area contributed by atoms with E-state index in [0.29, 0.717) is 17.7 Å². The Morgan fingerprint density at radius 2 is 1.57 bits per heavy atom. The lowest BCUT2D eigenvalue weighted by Crippen LogP contribution is -2.51. The van der Waals surface area contributed by atoms with Crippen LogP contribution in [0.2, 0.25) is 0 Å². The molecule has 184 valence electrons. The number of amides is 2. The summed E-state index contributed by atoms with van der Waals surface area (Å²) in [5.41, 5.74) is 2.02. The topological polar surface area (TPSA) is 58.6 Å². The van der Waals surface area contributed by atoms with Gasteiger partial charge in [0.25, 0.3) is 5.91 Å². The van der Waals surface area contributed by atoms with E-state index in [-0.39, 0.29) is 24.5 Å². The Kier molecular flexibility index (Phi) is 8.63. The van der Waals surface area contributed by atoms with Gasteiger partial charge in [0.15, 0.2) is 6.61 Å². The van der Waals surface area contributed by atoms with Gasteiger partial charge in [-0.2, -0.15) is 0 Å². The summed E-state index contributed by atoms with van der Waals surface area (Å²) in [4.78, 5) is 27.9. The average molecular weight is 477 g/mol. The number of benzene rings is 3. The van der Waals surface area contributed by atoms with Crippen molar-refractivity contribution in [2.75, 3.05) is 13.7 Å². The van der Waals surface area contributed by atoms with Crippen LogP contribution < -0.4 is 10.1 Å². The average Bonchev–Trinajstić information content (AvgIpc) is 2.85. The summed E-state index contributed by atoms with van der Waals surface area (Å²) in [6.45, 7) is 5.89. The van der Waals surface area contributed by atoms with Crippen LogP contribution in [0.5, 0.6) is 5.75 Å². The molecule has 3 rings (SSSR count). The first-order valence-corrected chi connectivity index (χ1v) is 11.7. The molecule has 0 unspecified atom stereocenters. The van der Waals surface area contributed by atoms with Gasteiger partial charge in [0.2, 0.25) is 5.91 Å². The highest BCUT2D eigenvalue weighted by atomic mass is 19.1. The van der Waals surface area contributed by atoms with Crippen molar-refractivity contribution < 1.29 is 18.7 Å².